The Bertz CT molecular complexity index is 1320. The summed E-state index contributed by atoms with van der Waals surface area (Å²) in [4.78, 5) is 19.3. The molecule has 0 radical (unpaired) electrons. The van der Waals surface area contributed by atoms with Crippen LogP contribution in [-0.2, 0) is 24.0 Å². The summed E-state index contributed by atoms with van der Waals surface area (Å²) < 4.78 is 47.7. The van der Waals surface area contributed by atoms with Crippen molar-refractivity contribution in [3.05, 3.63) is 76.4 Å². The zero-order valence-corrected chi connectivity index (χ0v) is 20.4. The minimum atomic E-state index is -4.56. The van der Waals surface area contributed by atoms with Gasteiger partial charge in [0.05, 0.1) is 31.2 Å². The van der Waals surface area contributed by atoms with Crippen molar-refractivity contribution < 1.29 is 22.7 Å². The first-order chi connectivity index (χ1) is 17.7. The number of aromatic amines is 1. The first-order valence-corrected chi connectivity index (χ1v) is 12.5. The summed E-state index contributed by atoms with van der Waals surface area (Å²) in [5.74, 6) is 0.349. The molecule has 3 aromatic rings. The van der Waals surface area contributed by atoms with Crippen LogP contribution in [0.1, 0.15) is 70.5 Å². The zero-order valence-electron chi connectivity index (χ0n) is 20.4. The molecule has 1 saturated heterocycles. The van der Waals surface area contributed by atoms with Crippen LogP contribution in [0.4, 0.5) is 18.9 Å². The average molecular weight is 512 g/mol. The number of benzene rings is 2. The number of nitrogens with zero attached hydrogens (tertiary/aromatic N) is 3. The number of amides is 1. The van der Waals surface area contributed by atoms with E-state index in [9.17, 15) is 18.0 Å². The third-order valence-corrected chi connectivity index (χ3v) is 7.99. The molecule has 1 aromatic heterocycles. The van der Waals surface area contributed by atoms with Crippen LogP contribution in [0.25, 0.3) is 0 Å². The number of H-pyrrole nitrogens is 1. The number of ether oxygens (including phenoxy) is 1. The molecule has 0 bridgehead atoms. The maximum atomic E-state index is 14.1. The van der Waals surface area contributed by atoms with E-state index in [1.165, 1.54) is 17.3 Å². The molecule has 7 nitrogen and oxygen atoms in total. The highest BCUT2D eigenvalue weighted by atomic mass is 19.4. The van der Waals surface area contributed by atoms with Gasteiger partial charge in [0, 0.05) is 29.3 Å². The summed E-state index contributed by atoms with van der Waals surface area (Å²) in [6.45, 7) is 3.40. The molecule has 37 heavy (non-hydrogen) atoms. The van der Waals surface area contributed by atoms with Gasteiger partial charge in [-0.3, -0.25) is 9.89 Å². The van der Waals surface area contributed by atoms with E-state index in [0.29, 0.717) is 30.3 Å². The molecule has 1 amide bonds. The number of carbonyl (C=O) groups is 1. The Kier molecular flexibility index (Phi) is 5.83. The number of hydrogen-bond donors (Lipinski definition) is 2. The summed E-state index contributed by atoms with van der Waals surface area (Å²) in [5.41, 5.74) is 1.28. The van der Waals surface area contributed by atoms with Gasteiger partial charge in [-0.2, -0.15) is 18.3 Å². The van der Waals surface area contributed by atoms with Crippen molar-refractivity contribution in [2.75, 3.05) is 18.1 Å². The standard InChI is InChI=1S/C27H28F3N5O2/c1-26(6-3-7-26)32-11-16-8-20-21(22(9-16)27(28,29)30)12-35(25(20)36)19-5-2-4-17(10-19)23(18-13-37-14-18)24-31-15-33-34-24/h2,4-5,8-10,15,18,23,32H,3,6-7,11-14H2,1H3,(H,31,33,34). The van der Waals surface area contributed by atoms with Crippen molar-refractivity contribution in [3.63, 3.8) is 0 Å². The van der Waals surface area contributed by atoms with Crippen LogP contribution in [0.3, 0.4) is 0 Å². The molecule has 2 fully saturated rings. The second-order valence-electron chi connectivity index (χ2n) is 10.6. The average Bonchev–Trinajstić information content (AvgIpc) is 3.46. The maximum Gasteiger partial charge on any atom is 0.416 e. The molecule has 194 valence electrons. The molecule has 3 heterocycles. The van der Waals surface area contributed by atoms with E-state index >= 15 is 0 Å². The number of rotatable bonds is 7. The Morgan fingerprint density at radius 1 is 1.24 bits per heavy atom. The number of halogens is 3. The van der Waals surface area contributed by atoms with Crippen molar-refractivity contribution in [2.45, 2.75) is 56.9 Å². The number of carbonyl (C=O) groups excluding carboxylic acids is 1. The van der Waals surface area contributed by atoms with Crippen LogP contribution in [0.5, 0.6) is 0 Å². The molecule has 1 aliphatic carbocycles. The first-order valence-electron chi connectivity index (χ1n) is 12.5. The molecule has 3 aliphatic rings. The molecule has 10 heteroatoms. The fourth-order valence-corrected chi connectivity index (χ4v) is 5.58. The van der Waals surface area contributed by atoms with Gasteiger partial charge in [0.1, 0.15) is 12.2 Å². The molecule has 6 rings (SSSR count). The Morgan fingerprint density at radius 3 is 2.68 bits per heavy atom. The minimum absolute atomic E-state index is 0.0284. The van der Waals surface area contributed by atoms with Crippen molar-refractivity contribution >= 4 is 11.6 Å². The number of anilines is 1. The molecule has 1 saturated carbocycles. The van der Waals surface area contributed by atoms with E-state index in [1.807, 2.05) is 18.2 Å². The minimum Gasteiger partial charge on any atom is -0.381 e. The predicted octanol–water partition coefficient (Wildman–Crippen LogP) is 4.79. The highest BCUT2D eigenvalue weighted by Crippen LogP contribution is 2.41. The highest BCUT2D eigenvalue weighted by molar-refractivity contribution is 6.10. The topological polar surface area (TPSA) is 83.1 Å². The van der Waals surface area contributed by atoms with Gasteiger partial charge >= 0.3 is 6.18 Å². The fraction of sp³-hybridized carbons (Fsp3) is 0.444. The van der Waals surface area contributed by atoms with Crippen LogP contribution in [0.15, 0.2) is 42.7 Å². The van der Waals surface area contributed by atoms with Gasteiger partial charge in [-0.15, -0.1) is 0 Å². The maximum absolute atomic E-state index is 14.1. The van der Waals surface area contributed by atoms with Crippen molar-refractivity contribution in [1.82, 2.24) is 20.5 Å². The summed E-state index contributed by atoms with van der Waals surface area (Å²) in [6, 6.07) is 10.2. The summed E-state index contributed by atoms with van der Waals surface area (Å²) in [5, 5.41) is 10.3. The highest BCUT2D eigenvalue weighted by Gasteiger charge is 2.41. The second kappa shape index (κ2) is 8.95. The first kappa shape index (κ1) is 24.1. The lowest BCUT2D eigenvalue weighted by Crippen LogP contribution is -2.47. The van der Waals surface area contributed by atoms with E-state index in [0.717, 1.165) is 24.8 Å². The molecule has 0 spiro atoms. The van der Waals surface area contributed by atoms with Crippen molar-refractivity contribution in [3.8, 4) is 0 Å². The van der Waals surface area contributed by atoms with Crippen molar-refractivity contribution in [1.29, 1.82) is 0 Å². The normalized spacial score (nSPS) is 19.9. The Labute approximate surface area is 212 Å². The quantitative estimate of drug-likeness (QED) is 0.477. The monoisotopic (exact) mass is 511 g/mol. The van der Waals surface area contributed by atoms with E-state index in [-0.39, 0.29) is 41.6 Å². The number of nitrogens with one attached hydrogen (secondary N) is 2. The van der Waals surface area contributed by atoms with Crippen LogP contribution in [0, 0.1) is 5.92 Å². The van der Waals surface area contributed by atoms with Crippen LogP contribution in [0.2, 0.25) is 0 Å². The van der Waals surface area contributed by atoms with Crippen LogP contribution in [-0.4, -0.2) is 39.8 Å². The third-order valence-electron chi connectivity index (χ3n) is 7.99. The van der Waals surface area contributed by atoms with Crippen molar-refractivity contribution in [2.24, 2.45) is 5.92 Å². The third kappa shape index (κ3) is 4.42. The van der Waals surface area contributed by atoms with Gasteiger partial charge in [-0.25, -0.2) is 4.98 Å². The Hall–Kier alpha value is -3.24. The Morgan fingerprint density at radius 2 is 2.05 bits per heavy atom. The van der Waals surface area contributed by atoms with Gasteiger partial charge in [0.15, 0.2) is 0 Å². The van der Waals surface area contributed by atoms with Crippen LogP contribution < -0.4 is 10.2 Å². The van der Waals surface area contributed by atoms with E-state index in [2.05, 4.69) is 27.4 Å². The SMILES string of the molecule is CC1(NCc2cc3c(c(C(F)(F)F)c2)CN(c2cccc(C(c4ncn[nH]4)C4COC4)c2)C3=O)CCC1. The lowest BCUT2D eigenvalue weighted by Gasteiger charge is -2.39. The number of alkyl halides is 3. The van der Waals surface area contributed by atoms with Gasteiger partial charge in [0.2, 0.25) is 0 Å². The van der Waals surface area contributed by atoms with E-state index in [4.69, 9.17) is 4.74 Å². The summed E-state index contributed by atoms with van der Waals surface area (Å²) in [6.07, 6.45) is -0.00755. The van der Waals surface area contributed by atoms with Crippen LogP contribution >= 0.6 is 0 Å². The number of aromatic nitrogens is 3. The molecular weight excluding hydrogens is 483 g/mol. The number of fused-ring (bicyclic) bond motifs is 1. The second-order valence-corrected chi connectivity index (χ2v) is 10.6. The molecular formula is C27H28F3N5O2. The molecule has 1 unspecified atom stereocenters. The summed E-state index contributed by atoms with van der Waals surface area (Å²) >= 11 is 0. The van der Waals surface area contributed by atoms with Gasteiger partial charge in [-0.05, 0) is 67.1 Å². The van der Waals surface area contributed by atoms with Gasteiger partial charge in [-0.1, -0.05) is 12.1 Å². The lowest BCUT2D eigenvalue weighted by atomic mass is 9.78. The smallest absolute Gasteiger partial charge is 0.381 e. The number of hydrogen-bond acceptors (Lipinski definition) is 5. The predicted molar refractivity (Wildman–Crippen MR) is 130 cm³/mol. The molecule has 2 aromatic carbocycles. The largest absolute Gasteiger partial charge is 0.416 e. The fourth-order valence-electron chi connectivity index (χ4n) is 5.58. The van der Waals surface area contributed by atoms with E-state index < -0.39 is 17.6 Å². The lowest BCUT2D eigenvalue weighted by molar-refractivity contribution is -0.138. The van der Waals surface area contributed by atoms with Gasteiger partial charge < -0.3 is 15.0 Å². The zero-order chi connectivity index (χ0) is 25.8. The van der Waals surface area contributed by atoms with E-state index in [1.54, 1.807) is 12.1 Å². The molecule has 1 atom stereocenters. The van der Waals surface area contributed by atoms with Gasteiger partial charge in [0.25, 0.3) is 5.91 Å². The summed E-state index contributed by atoms with van der Waals surface area (Å²) in [7, 11) is 0. The molecule has 2 aliphatic heterocycles. The molecule has 2 N–H and O–H groups in total. The Balaban J connectivity index is 1.32.